The number of hydrogen-bond acceptors (Lipinski definition) is 7. The van der Waals surface area contributed by atoms with E-state index in [9.17, 15) is 22.7 Å². The van der Waals surface area contributed by atoms with Crippen LogP contribution in [0.15, 0.2) is 23.4 Å². The number of nitrogens with zero attached hydrogens (tertiary/aromatic N) is 1. The Morgan fingerprint density at radius 3 is 2.91 bits per heavy atom. The second-order valence-electron chi connectivity index (χ2n) is 8.23. The molecule has 0 amide bonds. The molecule has 2 aliphatic rings. The molecule has 0 spiro atoms. The summed E-state index contributed by atoms with van der Waals surface area (Å²) < 4.78 is 59.8. The van der Waals surface area contributed by atoms with Gasteiger partial charge in [0.1, 0.15) is 18.4 Å². The summed E-state index contributed by atoms with van der Waals surface area (Å²) in [5, 5.41) is 20.7. The molecule has 3 heterocycles. The summed E-state index contributed by atoms with van der Waals surface area (Å²) in [5.41, 5.74) is -0.476. The first-order chi connectivity index (χ1) is 15.2. The molecule has 32 heavy (non-hydrogen) atoms. The number of halogens is 4. The first-order valence-corrected chi connectivity index (χ1v) is 11.2. The van der Waals surface area contributed by atoms with Crippen LogP contribution in [-0.4, -0.2) is 68.2 Å². The van der Waals surface area contributed by atoms with Gasteiger partial charge in [-0.15, -0.1) is 11.3 Å². The van der Waals surface area contributed by atoms with E-state index in [0.717, 1.165) is 11.3 Å². The number of benzene rings is 1. The lowest BCUT2D eigenvalue weighted by Crippen LogP contribution is -2.42. The van der Waals surface area contributed by atoms with Crippen LogP contribution in [0.1, 0.15) is 23.3 Å². The van der Waals surface area contributed by atoms with Crippen LogP contribution >= 0.6 is 11.3 Å². The Balaban J connectivity index is 1.58. The Hall–Kier alpha value is -1.95. The molecule has 0 bridgehead atoms. The van der Waals surface area contributed by atoms with Gasteiger partial charge in [-0.3, -0.25) is 0 Å². The van der Waals surface area contributed by atoms with Gasteiger partial charge in [-0.25, -0.2) is 4.39 Å². The number of fused-ring (bicyclic) bond motifs is 1. The van der Waals surface area contributed by atoms with Crippen LogP contribution in [-0.2, 0) is 16.0 Å². The number of hydrogen-bond donors (Lipinski definition) is 3. The summed E-state index contributed by atoms with van der Waals surface area (Å²) in [6.45, 7) is 1.27. The maximum Gasteiger partial charge on any atom is 0.393 e. The van der Waals surface area contributed by atoms with E-state index in [1.807, 2.05) is 0 Å². The van der Waals surface area contributed by atoms with Crippen LogP contribution in [0.2, 0.25) is 0 Å². The number of nitrogens with one attached hydrogen (secondary N) is 2. The predicted octanol–water partition coefficient (Wildman–Crippen LogP) is 3.62. The molecule has 0 aliphatic carbocycles. The van der Waals surface area contributed by atoms with Crippen molar-refractivity contribution in [3.05, 3.63) is 28.6 Å². The van der Waals surface area contributed by atoms with Crippen molar-refractivity contribution in [1.29, 1.82) is 0 Å². The minimum atomic E-state index is -4.41. The Labute approximate surface area is 186 Å². The fraction of sp³-hybridized carbons (Fsp3) is 0.571. The van der Waals surface area contributed by atoms with Crippen LogP contribution in [0.3, 0.4) is 0 Å². The molecule has 4 rings (SSSR count). The second kappa shape index (κ2) is 9.50. The number of anilines is 1. The number of thiophene rings is 1. The number of ether oxygens (including phenoxy) is 1. The van der Waals surface area contributed by atoms with Crippen LogP contribution in [0.5, 0.6) is 0 Å². The summed E-state index contributed by atoms with van der Waals surface area (Å²) in [5.74, 6) is 0. The zero-order chi connectivity index (χ0) is 22.8. The molecule has 2 aliphatic heterocycles. The van der Waals surface area contributed by atoms with Gasteiger partial charge in [0, 0.05) is 19.7 Å². The number of oxime groups is 1. The van der Waals surface area contributed by atoms with Crippen molar-refractivity contribution in [3.63, 3.8) is 0 Å². The average molecular weight is 476 g/mol. The Morgan fingerprint density at radius 2 is 2.22 bits per heavy atom. The van der Waals surface area contributed by atoms with E-state index in [1.165, 1.54) is 6.21 Å². The number of rotatable bonds is 7. The third-order valence-electron chi connectivity index (χ3n) is 5.59. The molecule has 1 aromatic carbocycles. The van der Waals surface area contributed by atoms with E-state index in [-0.39, 0.29) is 25.3 Å². The molecular weight excluding hydrogens is 450 g/mol. The molecule has 1 unspecified atom stereocenters. The van der Waals surface area contributed by atoms with Crippen molar-refractivity contribution in [1.82, 2.24) is 5.32 Å². The SMILES string of the molecule is OC1(CO/N=C/c2sc3c(N[C@@H]4CNC[C@@H]4F)cccc3c2CC(F)(F)F)CCCOC1. The van der Waals surface area contributed by atoms with Crippen LogP contribution in [0.4, 0.5) is 23.2 Å². The van der Waals surface area contributed by atoms with E-state index >= 15 is 0 Å². The molecule has 176 valence electrons. The van der Waals surface area contributed by atoms with Crippen molar-refractivity contribution in [2.45, 2.75) is 43.3 Å². The highest BCUT2D eigenvalue weighted by Crippen LogP contribution is 2.39. The standard InChI is InChI=1S/C21H25F4N3O3S/c22-15-8-26-9-17(15)28-16-4-1-3-13-14(7-21(23,24)25)18(32-19(13)16)10-27-31-12-20(29)5-2-6-30-11-20/h1,3-4,10,15,17,26,28-29H,2,5-9,11-12H2/b27-10+/t15-,17+,20?/m0/s1. The summed E-state index contributed by atoms with van der Waals surface area (Å²) >= 11 is 1.14. The highest BCUT2D eigenvalue weighted by Gasteiger charge is 2.33. The average Bonchev–Trinajstić information content (AvgIpc) is 3.29. The second-order valence-corrected chi connectivity index (χ2v) is 9.28. The molecule has 11 heteroatoms. The lowest BCUT2D eigenvalue weighted by molar-refractivity contribution is -0.126. The molecule has 1 aromatic heterocycles. The van der Waals surface area contributed by atoms with Gasteiger partial charge in [-0.2, -0.15) is 13.2 Å². The predicted molar refractivity (Wildman–Crippen MR) is 115 cm³/mol. The third kappa shape index (κ3) is 5.51. The Morgan fingerprint density at radius 1 is 1.38 bits per heavy atom. The highest BCUT2D eigenvalue weighted by atomic mass is 32.1. The van der Waals surface area contributed by atoms with Crippen LogP contribution < -0.4 is 10.6 Å². The first-order valence-electron chi connectivity index (χ1n) is 10.4. The van der Waals surface area contributed by atoms with Gasteiger partial charge >= 0.3 is 6.18 Å². The van der Waals surface area contributed by atoms with Gasteiger partial charge in [0.2, 0.25) is 0 Å². The lowest BCUT2D eigenvalue weighted by atomic mass is 9.98. The van der Waals surface area contributed by atoms with Crippen molar-refractivity contribution in [2.24, 2.45) is 5.16 Å². The minimum absolute atomic E-state index is 0.0922. The molecular formula is C21H25F4N3O3S. The molecule has 2 aromatic rings. The van der Waals surface area contributed by atoms with Crippen molar-refractivity contribution in [3.8, 4) is 0 Å². The molecule has 3 atom stereocenters. The largest absolute Gasteiger partial charge is 0.393 e. The first kappa shape index (κ1) is 23.2. The molecule has 2 fully saturated rings. The van der Waals surface area contributed by atoms with E-state index in [1.54, 1.807) is 18.2 Å². The maximum atomic E-state index is 14.0. The van der Waals surface area contributed by atoms with Crippen molar-refractivity contribution >= 4 is 33.3 Å². The van der Waals surface area contributed by atoms with Gasteiger partial charge in [0.05, 0.1) is 40.5 Å². The highest BCUT2D eigenvalue weighted by molar-refractivity contribution is 7.21. The Kier molecular flexibility index (Phi) is 6.89. The van der Waals surface area contributed by atoms with Crippen LogP contribution in [0.25, 0.3) is 10.1 Å². The summed E-state index contributed by atoms with van der Waals surface area (Å²) in [4.78, 5) is 5.51. The van der Waals surface area contributed by atoms with Crippen LogP contribution in [0, 0.1) is 0 Å². The quantitative estimate of drug-likeness (QED) is 0.324. The number of alkyl halides is 4. The summed E-state index contributed by atoms with van der Waals surface area (Å²) in [6, 6.07) is 4.56. The van der Waals surface area contributed by atoms with Crippen molar-refractivity contribution < 1.29 is 32.2 Å². The van der Waals surface area contributed by atoms with Gasteiger partial charge in [0.25, 0.3) is 0 Å². The summed E-state index contributed by atoms with van der Waals surface area (Å²) in [7, 11) is 0. The third-order valence-corrected chi connectivity index (χ3v) is 6.80. The normalized spacial score (nSPS) is 26.8. The molecule has 2 saturated heterocycles. The zero-order valence-electron chi connectivity index (χ0n) is 17.3. The van der Waals surface area contributed by atoms with Gasteiger partial charge in [-0.1, -0.05) is 17.3 Å². The smallest absolute Gasteiger partial charge is 0.393 e. The fourth-order valence-electron chi connectivity index (χ4n) is 3.97. The molecule has 0 saturated carbocycles. The van der Waals surface area contributed by atoms with E-state index in [0.29, 0.717) is 46.6 Å². The topological polar surface area (TPSA) is 75.1 Å². The van der Waals surface area contributed by atoms with Gasteiger partial charge < -0.3 is 25.3 Å². The maximum absolute atomic E-state index is 14.0. The Bertz CT molecular complexity index is 960. The van der Waals surface area contributed by atoms with Crippen molar-refractivity contribution in [2.75, 3.05) is 38.2 Å². The zero-order valence-corrected chi connectivity index (χ0v) is 18.1. The fourth-order valence-corrected chi connectivity index (χ4v) is 5.13. The van der Waals surface area contributed by atoms with E-state index in [4.69, 9.17) is 9.57 Å². The van der Waals surface area contributed by atoms with E-state index in [2.05, 4.69) is 15.8 Å². The molecule has 3 N–H and O–H groups in total. The number of aliphatic hydroxyl groups is 1. The molecule has 6 nitrogen and oxygen atoms in total. The monoisotopic (exact) mass is 475 g/mol. The lowest BCUT2D eigenvalue weighted by Gasteiger charge is -2.30. The van der Waals surface area contributed by atoms with Gasteiger partial charge in [-0.05, 0) is 29.9 Å². The summed E-state index contributed by atoms with van der Waals surface area (Å²) in [6.07, 6.45) is -4.16. The molecule has 0 radical (unpaired) electrons. The van der Waals surface area contributed by atoms with Gasteiger partial charge in [0.15, 0.2) is 0 Å². The minimum Gasteiger partial charge on any atom is -0.393 e. The van der Waals surface area contributed by atoms with E-state index < -0.39 is 30.4 Å².